The van der Waals surface area contributed by atoms with E-state index < -0.39 is 0 Å². The Bertz CT molecular complexity index is 649. The maximum absolute atomic E-state index is 13.3. The summed E-state index contributed by atoms with van der Waals surface area (Å²) in [4.78, 5) is 28.4. The van der Waals surface area contributed by atoms with Gasteiger partial charge >= 0.3 is 0 Å². The normalized spacial score (nSPS) is 24.2. The van der Waals surface area contributed by atoms with Gasteiger partial charge in [-0.1, -0.05) is 12.1 Å². The van der Waals surface area contributed by atoms with Gasteiger partial charge in [0.2, 0.25) is 11.8 Å². The van der Waals surface area contributed by atoms with Gasteiger partial charge in [0.1, 0.15) is 12.4 Å². The summed E-state index contributed by atoms with van der Waals surface area (Å²) in [5.74, 6) is -0.191. The van der Waals surface area contributed by atoms with Crippen molar-refractivity contribution < 1.29 is 18.7 Å². The maximum atomic E-state index is 13.3. The fourth-order valence-corrected chi connectivity index (χ4v) is 3.68. The van der Waals surface area contributed by atoms with Gasteiger partial charge in [0.15, 0.2) is 0 Å². The van der Waals surface area contributed by atoms with Gasteiger partial charge in [-0.2, -0.15) is 0 Å². The van der Waals surface area contributed by atoms with Crippen LogP contribution in [0.5, 0.6) is 0 Å². The highest BCUT2D eigenvalue weighted by Gasteiger charge is 2.37. The van der Waals surface area contributed by atoms with Crippen molar-refractivity contribution in [1.29, 1.82) is 0 Å². The molecule has 2 fully saturated rings. The number of carbonyl (C=O) groups is 2. The van der Waals surface area contributed by atoms with Crippen molar-refractivity contribution in [3.63, 3.8) is 0 Å². The van der Waals surface area contributed by atoms with E-state index in [0.717, 1.165) is 6.42 Å². The summed E-state index contributed by atoms with van der Waals surface area (Å²) in [6.45, 7) is 5.92. The summed E-state index contributed by atoms with van der Waals surface area (Å²) in [5, 5.41) is 0. The smallest absolute Gasteiger partial charge is 0.248 e. The molecule has 136 valence electrons. The second-order valence-electron chi connectivity index (χ2n) is 7.18. The number of halogens is 1. The lowest BCUT2D eigenvalue weighted by atomic mass is 9.93. The molecule has 3 rings (SSSR count). The largest absolute Gasteiger partial charge is 0.368 e. The molecule has 25 heavy (non-hydrogen) atoms. The van der Waals surface area contributed by atoms with Crippen LogP contribution in [-0.2, 0) is 20.7 Å². The molecule has 2 heterocycles. The van der Waals surface area contributed by atoms with E-state index in [2.05, 4.69) is 0 Å². The lowest BCUT2D eigenvalue weighted by Crippen LogP contribution is -2.50. The first-order chi connectivity index (χ1) is 11.9. The monoisotopic (exact) mass is 348 g/mol. The molecule has 2 amide bonds. The number of nitrogens with zero attached hydrogens (tertiary/aromatic N) is 2. The third kappa shape index (κ3) is 4.18. The zero-order chi connectivity index (χ0) is 18.0. The van der Waals surface area contributed by atoms with Gasteiger partial charge in [-0.15, -0.1) is 0 Å². The molecule has 2 aliphatic rings. The van der Waals surface area contributed by atoms with Crippen LogP contribution < -0.4 is 0 Å². The first-order valence-electron chi connectivity index (χ1n) is 8.87. The van der Waals surface area contributed by atoms with E-state index in [-0.39, 0.29) is 48.7 Å². The van der Waals surface area contributed by atoms with Crippen LogP contribution in [0.2, 0.25) is 0 Å². The van der Waals surface area contributed by atoms with Gasteiger partial charge in [0, 0.05) is 31.6 Å². The predicted molar refractivity (Wildman–Crippen MR) is 91.4 cm³/mol. The summed E-state index contributed by atoms with van der Waals surface area (Å²) in [6, 6.07) is 6.28. The van der Waals surface area contributed by atoms with E-state index in [4.69, 9.17) is 4.74 Å². The SMILES string of the molecule is CC(C)N1C[C@H]2CN(C(=O)Cc3cccc(F)c3)CC[C@@H]2OCC1=O. The standard InChI is InChI=1S/C19H25FN2O3/c1-13(2)22-11-15-10-21(7-6-17(15)25-12-19(22)24)18(23)9-14-4-3-5-16(20)8-14/h3-5,8,13,15,17H,6-7,9-12H2,1-2H3/t15-,17+/m1/s1. The number of rotatable bonds is 3. The molecule has 0 spiro atoms. The second kappa shape index (κ2) is 7.52. The number of hydrogen-bond donors (Lipinski definition) is 0. The molecule has 1 aromatic rings. The molecule has 0 aromatic heterocycles. The van der Waals surface area contributed by atoms with E-state index in [1.54, 1.807) is 12.1 Å². The van der Waals surface area contributed by atoms with Gasteiger partial charge in [0.05, 0.1) is 12.5 Å². The Morgan fingerprint density at radius 2 is 2.16 bits per heavy atom. The Labute approximate surface area is 147 Å². The van der Waals surface area contributed by atoms with E-state index >= 15 is 0 Å². The average molecular weight is 348 g/mol. The molecular formula is C19H25FN2O3. The molecule has 0 saturated carbocycles. The van der Waals surface area contributed by atoms with Crippen LogP contribution in [0, 0.1) is 11.7 Å². The summed E-state index contributed by atoms with van der Waals surface area (Å²) in [7, 11) is 0. The van der Waals surface area contributed by atoms with Gasteiger partial charge in [0.25, 0.3) is 0 Å². The molecule has 0 unspecified atom stereocenters. The zero-order valence-electron chi connectivity index (χ0n) is 14.8. The molecule has 2 saturated heterocycles. The van der Waals surface area contributed by atoms with Crippen LogP contribution in [0.1, 0.15) is 25.8 Å². The molecule has 0 radical (unpaired) electrons. The van der Waals surface area contributed by atoms with Crippen molar-refractivity contribution >= 4 is 11.8 Å². The minimum Gasteiger partial charge on any atom is -0.368 e. The topological polar surface area (TPSA) is 49.9 Å². The Kier molecular flexibility index (Phi) is 5.37. The molecule has 2 aliphatic heterocycles. The van der Waals surface area contributed by atoms with Crippen molar-refractivity contribution in [3.05, 3.63) is 35.6 Å². The Morgan fingerprint density at radius 3 is 2.88 bits per heavy atom. The highest BCUT2D eigenvalue weighted by molar-refractivity contribution is 5.79. The molecule has 0 N–H and O–H groups in total. The Morgan fingerprint density at radius 1 is 1.36 bits per heavy atom. The van der Waals surface area contributed by atoms with Gasteiger partial charge < -0.3 is 14.5 Å². The fourth-order valence-electron chi connectivity index (χ4n) is 3.68. The van der Waals surface area contributed by atoms with Crippen LogP contribution in [0.15, 0.2) is 24.3 Å². The third-order valence-corrected chi connectivity index (χ3v) is 5.06. The lowest BCUT2D eigenvalue weighted by Gasteiger charge is -2.38. The van der Waals surface area contributed by atoms with Crippen LogP contribution in [0.25, 0.3) is 0 Å². The Hall–Kier alpha value is -1.95. The quantitative estimate of drug-likeness (QED) is 0.838. The number of amides is 2. The van der Waals surface area contributed by atoms with Crippen LogP contribution in [0.3, 0.4) is 0 Å². The van der Waals surface area contributed by atoms with Crippen molar-refractivity contribution in [2.75, 3.05) is 26.2 Å². The second-order valence-corrected chi connectivity index (χ2v) is 7.18. The first kappa shape index (κ1) is 17.9. The molecular weight excluding hydrogens is 323 g/mol. The Balaban J connectivity index is 1.65. The highest BCUT2D eigenvalue weighted by atomic mass is 19.1. The van der Waals surface area contributed by atoms with Crippen molar-refractivity contribution in [3.8, 4) is 0 Å². The number of piperidine rings is 1. The first-order valence-corrected chi connectivity index (χ1v) is 8.87. The van der Waals surface area contributed by atoms with Gasteiger partial charge in [-0.05, 0) is 38.0 Å². The molecule has 1 aromatic carbocycles. The van der Waals surface area contributed by atoms with E-state index in [0.29, 0.717) is 25.2 Å². The molecule has 0 aliphatic carbocycles. The molecule has 6 heteroatoms. The number of hydrogen-bond acceptors (Lipinski definition) is 3. The van der Waals surface area contributed by atoms with Gasteiger partial charge in [-0.25, -0.2) is 4.39 Å². The fraction of sp³-hybridized carbons (Fsp3) is 0.579. The number of likely N-dealkylation sites (tertiary alicyclic amines) is 1. The van der Waals surface area contributed by atoms with E-state index in [1.807, 2.05) is 23.6 Å². The number of fused-ring (bicyclic) bond motifs is 1. The summed E-state index contributed by atoms with van der Waals surface area (Å²) < 4.78 is 19.1. The van der Waals surface area contributed by atoms with Crippen molar-refractivity contribution in [2.24, 2.45) is 5.92 Å². The van der Waals surface area contributed by atoms with Crippen LogP contribution in [0.4, 0.5) is 4.39 Å². The summed E-state index contributed by atoms with van der Waals surface area (Å²) in [6.07, 6.45) is 0.952. The number of carbonyl (C=O) groups excluding carboxylic acids is 2. The van der Waals surface area contributed by atoms with Crippen LogP contribution in [-0.4, -0.2) is 60.0 Å². The van der Waals surface area contributed by atoms with Gasteiger partial charge in [-0.3, -0.25) is 9.59 Å². The average Bonchev–Trinajstić information content (AvgIpc) is 2.73. The number of benzene rings is 1. The molecule has 5 nitrogen and oxygen atoms in total. The summed E-state index contributed by atoms with van der Waals surface area (Å²) in [5.41, 5.74) is 0.684. The zero-order valence-corrected chi connectivity index (χ0v) is 14.8. The molecule has 2 atom stereocenters. The van der Waals surface area contributed by atoms with Crippen molar-refractivity contribution in [1.82, 2.24) is 9.80 Å². The van der Waals surface area contributed by atoms with E-state index in [1.165, 1.54) is 12.1 Å². The number of ether oxygens (including phenoxy) is 1. The minimum atomic E-state index is -0.327. The highest BCUT2D eigenvalue weighted by Crippen LogP contribution is 2.25. The summed E-state index contributed by atoms with van der Waals surface area (Å²) >= 11 is 0. The third-order valence-electron chi connectivity index (χ3n) is 5.06. The van der Waals surface area contributed by atoms with Crippen molar-refractivity contribution in [2.45, 2.75) is 38.8 Å². The lowest BCUT2D eigenvalue weighted by molar-refractivity contribution is -0.138. The van der Waals surface area contributed by atoms with Crippen LogP contribution >= 0.6 is 0 Å². The maximum Gasteiger partial charge on any atom is 0.248 e. The predicted octanol–water partition coefficient (Wildman–Crippen LogP) is 1.85. The molecule has 0 bridgehead atoms. The minimum absolute atomic E-state index is 0.00396. The van der Waals surface area contributed by atoms with E-state index in [9.17, 15) is 14.0 Å².